The summed E-state index contributed by atoms with van der Waals surface area (Å²) in [6.07, 6.45) is 0. The SMILES string of the molecule is COc1ccc(C#N)cc1-c1n[nH]c(=S)s1. The molecule has 0 aliphatic carbocycles. The number of hydrogen-bond acceptors (Lipinski definition) is 5. The average molecular weight is 249 g/mol. The highest BCUT2D eigenvalue weighted by atomic mass is 32.1. The lowest BCUT2D eigenvalue weighted by Crippen LogP contribution is -1.88. The molecule has 1 aromatic carbocycles. The van der Waals surface area contributed by atoms with Crippen LogP contribution in [0.1, 0.15) is 5.56 Å². The van der Waals surface area contributed by atoms with E-state index in [9.17, 15) is 0 Å². The van der Waals surface area contributed by atoms with Gasteiger partial charge in [-0.3, -0.25) is 5.10 Å². The van der Waals surface area contributed by atoms with Crippen LogP contribution in [0.3, 0.4) is 0 Å². The Morgan fingerprint density at radius 2 is 2.38 bits per heavy atom. The molecule has 1 N–H and O–H groups in total. The molecule has 0 aliphatic rings. The van der Waals surface area contributed by atoms with Crippen LogP contribution in [-0.4, -0.2) is 17.3 Å². The average Bonchev–Trinajstić information content (AvgIpc) is 2.75. The summed E-state index contributed by atoms with van der Waals surface area (Å²) in [6.45, 7) is 0. The van der Waals surface area contributed by atoms with Crippen molar-refractivity contribution in [1.29, 1.82) is 5.26 Å². The Labute approximate surface area is 101 Å². The van der Waals surface area contributed by atoms with Gasteiger partial charge in [-0.05, 0) is 30.4 Å². The summed E-state index contributed by atoms with van der Waals surface area (Å²) in [7, 11) is 1.58. The molecule has 0 unspecified atom stereocenters. The van der Waals surface area contributed by atoms with Crippen molar-refractivity contribution in [2.45, 2.75) is 0 Å². The second-order valence-corrected chi connectivity index (χ2v) is 4.61. The van der Waals surface area contributed by atoms with Gasteiger partial charge in [-0.1, -0.05) is 11.3 Å². The first-order valence-electron chi connectivity index (χ1n) is 4.38. The van der Waals surface area contributed by atoms with Crippen LogP contribution < -0.4 is 4.74 Å². The summed E-state index contributed by atoms with van der Waals surface area (Å²) in [6, 6.07) is 7.27. The number of methoxy groups -OCH3 is 1. The van der Waals surface area contributed by atoms with Crippen molar-refractivity contribution < 1.29 is 4.74 Å². The zero-order valence-electron chi connectivity index (χ0n) is 8.35. The first kappa shape index (κ1) is 10.8. The molecule has 16 heavy (non-hydrogen) atoms. The minimum atomic E-state index is 0.567. The van der Waals surface area contributed by atoms with Crippen molar-refractivity contribution in [3.8, 4) is 22.4 Å². The van der Waals surface area contributed by atoms with Crippen molar-refractivity contribution in [2.24, 2.45) is 0 Å². The number of aromatic amines is 1. The molecule has 0 aliphatic heterocycles. The van der Waals surface area contributed by atoms with E-state index in [1.54, 1.807) is 25.3 Å². The van der Waals surface area contributed by atoms with E-state index in [1.807, 2.05) is 0 Å². The molecular formula is C10H7N3OS2. The van der Waals surface area contributed by atoms with Crippen LogP contribution in [0.4, 0.5) is 0 Å². The van der Waals surface area contributed by atoms with Crippen LogP contribution in [0.25, 0.3) is 10.6 Å². The van der Waals surface area contributed by atoms with Crippen LogP contribution in [0, 0.1) is 15.3 Å². The van der Waals surface area contributed by atoms with Gasteiger partial charge in [-0.25, -0.2) is 0 Å². The number of nitriles is 1. The van der Waals surface area contributed by atoms with Crippen LogP contribution in [0.15, 0.2) is 18.2 Å². The van der Waals surface area contributed by atoms with Gasteiger partial charge in [-0.15, -0.1) is 0 Å². The molecule has 0 atom stereocenters. The molecule has 0 amide bonds. The van der Waals surface area contributed by atoms with Crippen molar-refractivity contribution in [2.75, 3.05) is 7.11 Å². The van der Waals surface area contributed by atoms with Crippen LogP contribution >= 0.6 is 23.6 Å². The second-order valence-electron chi connectivity index (χ2n) is 2.95. The number of rotatable bonds is 2. The molecule has 2 rings (SSSR count). The normalized spacial score (nSPS) is 9.75. The predicted octanol–water partition coefficient (Wildman–Crippen LogP) is 2.75. The minimum Gasteiger partial charge on any atom is -0.496 e. The molecular weight excluding hydrogens is 242 g/mol. The summed E-state index contributed by atoms with van der Waals surface area (Å²) in [4.78, 5) is 0. The maximum absolute atomic E-state index is 8.84. The largest absolute Gasteiger partial charge is 0.496 e. The number of hydrogen-bond donors (Lipinski definition) is 1. The molecule has 1 aromatic heterocycles. The molecule has 0 bridgehead atoms. The highest BCUT2D eigenvalue weighted by Crippen LogP contribution is 2.31. The second kappa shape index (κ2) is 4.43. The molecule has 80 valence electrons. The van der Waals surface area contributed by atoms with Crippen molar-refractivity contribution in [1.82, 2.24) is 10.2 Å². The minimum absolute atomic E-state index is 0.567. The smallest absolute Gasteiger partial charge is 0.176 e. The third-order valence-corrected chi connectivity index (χ3v) is 3.12. The highest BCUT2D eigenvalue weighted by molar-refractivity contribution is 7.73. The third-order valence-electron chi connectivity index (χ3n) is 2.00. The van der Waals surface area contributed by atoms with Crippen molar-refractivity contribution in [3.05, 3.63) is 27.7 Å². The molecule has 0 saturated heterocycles. The fraction of sp³-hybridized carbons (Fsp3) is 0.100. The number of nitrogens with zero attached hydrogens (tertiary/aromatic N) is 2. The number of H-pyrrole nitrogens is 1. The molecule has 6 heteroatoms. The summed E-state index contributed by atoms with van der Waals surface area (Å²) >= 11 is 6.32. The zero-order chi connectivity index (χ0) is 11.5. The number of aromatic nitrogens is 2. The fourth-order valence-corrected chi connectivity index (χ4v) is 2.20. The topological polar surface area (TPSA) is 61.7 Å². The van der Waals surface area contributed by atoms with Crippen LogP contribution in [-0.2, 0) is 0 Å². The van der Waals surface area contributed by atoms with E-state index in [1.165, 1.54) is 11.3 Å². The molecule has 2 aromatic rings. The maximum Gasteiger partial charge on any atom is 0.176 e. The molecule has 0 radical (unpaired) electrons. The van der Waals surface area contributed by atoms with Gasteiger partial charge in [0.25, 0.3) is 0 Å². The van der Waals surface area contributed by atoms with E-state index in [-0.39, 0.29) is 0 Å². The molecule has 0 saturated carbocycles. The Morgan fingerprint density at radius 3 is 2.94 bits per heavy atom. The van der Waals surface area contributed by atoms with Gasteiger partial charge in [0.1, 0.15) is 10.8 Å². The first-order valence-corrected chi connectivity index (χ1v) is 5.61. The van der Waals surface area contributed by atoms with Gasteiger partial charge in [0.2, 0.25) is 0 Å². The Kier molecular flexibility index (Phi) is 2.99. The molecule has 0 spiro atoms. The molecule has 4 nitrogen and oxygen atoms in total. The van der Waals surface area contributed by atoms with E-state index >= 15 is 0 Å². The van der Waals surface area contributed by atoms with Gasteiger partial charge in [0.05, 0.1) is 24.3 Å². The highest BCUT2D eigenvalue weighted by Gasteiger charge is 2.10. The maximum atomic E-state index is 8.84. The van der Waals surface area contributed by atoms with Gasteiger partial charge in [-0.2, -0.15) is 10.4 Å². The van der Waals surface area contributed by atoms with E-state index in [4.69, 9.17) is 22.2 Å². The number of ether oxygens (including phenoxy) is 1. The van der Waals surface area contributed by atoms with Crippen molar-refractivity contribution >= 4 is 23.6 Å². The van der Waals surface area contributed by atoms with E-state index in [2.05, 4.69) is 16.3 Å². The molecule has 0 fully saturated rings. The summed E-state index contributed by atoms with van der Waals surface area (Å²) < 4.78 is 5.81. The fourth-order valence-electron chi connectivity index (χ4n) is 1.29. The van der Waals surface area contributed by atoms with Crippen LogP contribution in [0.5, 0.6) is 5.75 Å². The van der Waals surface area contributed by atoms with Gasteiger partial charge >= 0.3 is 0 Å². The van der Waals surface area contributed by atoms with E-state index in [0.717, 1.165) is 10.6 Å². The Morgan fingerprint density at radius 1 is 1.56 bits per heavy atom. The predicted molar refractivity (Wildman–Crippen MR) is 64.0 cm³/mol. The monoisotopic (exact) mass is 249 g/mol. The lowest BCUT2D eigenvalue weighted by Gasteiger charge is -2.05. The third kappa shape index (κ3) is 1.96. The summed E-state index contributed by atoms with van der Waals surface area (Å²) in [5.41, 5.74) is 1.34. The zero-order valence-corrected chi connectivity index (χ0v) is 9.98. The van der Waals surface area contributed by atoms with E-state index < -0.39 is 0 Å². The van der Waals surface area contributed by atoms with Gasteiger partial charge in [0.15, 0.2) is 3.95 Å². The summed E-state index contributed by atoms with van der Waals surface area (Å²) in [5.74, 6) is 0.678. The van der Waals surface area contributed by atoms with Gasteiger partial charge in [0, 0.05) is 0 Å². The Bertz CT molecular complexity index is 609. The van der Waals surface area contributed by atoms with Crippen molar-refractivity contribution in [3.63, 3.8) is 0 Å². The first-order chi connectivity index (χ1) is 7.74. The van der Waals surface area contributed by atoms with Gasteiger partial charge < -0.3 is 4.74 Å². The Hall–Kier alpha value is -1.71. The lowest BCUT2D eigenvalue weighted by molar-refractivity contribution is 0.416. The lowest BCUT2D eigenvalue weighted by atomic mass is 10.1. The van der Waals surface area contributed by atoms with E-state index in [0.29, 0.717) is 15.3 Å². The van der Waals surface area contributed by atoms with Crippen LogP contribution in [0.2, 0.25) is 0 Å². The summed E-state index contributed by atoms with van der Waals surface area (Å²) in [5, 5.41) is 16.3. The quantitative estimate of drug-likeness (QED) is 0.831. The standard InChI is InChI=1S/C10H7N3OS2/c1-14-8-3-2-6(5-11)4-7(8)9-12-13-10(15)16-9/h2-4H,1H3,(H,13,15). The number of benzene rings is 1. The Balaban J connectivity index is 2.62. The molecule has 1 heterocycles. The number of nitrogens with one attached hydrogen (secondary N) is 1.